The van der Waals surface area contributed by atoms with E-state index in [9.17, 15) is 27.2 Å². The Morgan fingerprint density at radius 2 is 1.76 bits per heavy atom. The molecule has 6 nitrogen and oxygen atoms in total. The number of esters is 1. The van der Waals surface area contributed by atoms with Crippen LogP contribution in [0.25, 0.3) is 0 Å². The largest absolute Gasteiger partial charge is 0.464 e. The molecule has 0 heterocycles. The highest BCUT2D eigenvalue weighted by Crippen LogP contribution is 2.35. The van der Waals surface area contributed by atoms with Gasteiger partial charge in [0.15, 0.2) is 0 Å². The number of ether oxygens (including phenoxy) is 2. The van der Waals surface area contributed by atoms with E-state index < -0.39 is 35.5 Å². The van der Waals surface area contributed by atoms with Crippen molar-refractivity contribution in [2.75, 3.05) is 12.4 Å². The summed E-state index contributed by atoms with van der Waals surface area (Å²) < 4.78 is 63.7. The van der Waals surface area contributed by atoms with Crippen LogP contribution in [0.1, 0.15) is 0 Å². The van der Waals surface area contributed by atoms with E-state index in [0.29, 0.717) is 13.2 Å². The molecule has 2 N–H and O–H groups in total. The van der Waals surface area contributed by atoms with E-state index in [-0.39, 0.29) is 15.7 Å². The van der Waals surface area contributed by atoms with Gasteiger partial charge < -0.3 is 14.8 Å². The van der Waals surface area contributed by atoms with Crippen molar-refractivity contribution in [2.24, 2.45) is 0 Å². The second-order valence-corrected chi connectivity index (χ2v) is 6.28. The van der Waals surface area contributed by atoms with E-state index >= 15 is 0 Å². The molecule has 12 heteroatoms. The topological polar surface area (TPSA) is 76.7 Å². The summed E-state index contributed by atoms with van der Waals surface area (Å²) in [5, 5.41) is 3.51. The predicted octanol–water partition coefficient (Wildman–Crippen LogP) is 4.76. The standard InChI is InChI=1S/C17H12Cl2F4N2O4/c1-28-14(26)16(17(21,22)23,29-11-4-2-3-10(20)8-11)25-15(27)24-13-7-9(18)5-6-12(13)19/h2-8H,1H3,(H2,24,25,27)/t16-/m0/s1. The van der Waals surface area contributed by atoms with Gasteiger partial charge in [0.05, 0.1) is 17.8 Å². The van der Waals surface area contributed by atoms with Crippen LogP contribution in [0, 0.1) is 5.82 Å². The van der Waals surface area contributed by atoms with E-state index in [2.05, 4.69) is 4.74 Å². The SMILES string of the molecule is COC(=O)[C@](NC(=O)Nc1cc(Cl)ccc1Cl)(Oc1cccc(F)c1)C(F)(F)F. The molecule has 0 bridgehead atoms. The van der Waals surface area contributed by atoms with Crippen LogP contribution < -0.4 is 15.4 Å². The minimum absolute atomic E-state index is 0.0359. The van der Waals surface area contributed by atoms with Crippen molar-refractivity contribution in [2.45, 2.75) is 11.9 Å². The quantitative estimate of drug-likeness (QED) is 0.387. The average molecular weight is 455 g/mol. The molecule has 2 rings (SSSR count). The van der Waals surface area contributed by atoms with E-state index in [0.717, 1.165) is 18.2 Å². The van der Waals surface area contributed by atoms with Gasteiger partial charge in [-0.2, -0.15) is 13.2 Å². The fourth-order valence-electron chi connectivity index (χ4n) is 2.12. The van der Waals surface area contributed by atoms with E-state index in [1.165, 1.54) is 23.5 Å². The van der Waals surface area contributed by atoms with Crippen LogP contribution in [-0.2, 0) is 9.53 Å². The van der Waals surface area contributed by atoms with Gasteiger partial charge in [-0.15, -0.1) is 0 Å². The molecule has 0 fully saturated rings. The number of urea groups is 1. The molecule has 0 aromatic heterocycles. The minimum atomic E-state index is -5.50. The Labute approximate surface area is 171 Å². The van der Waals surface area contributed by atoms with Gasteiger partial charge in [0.25, 0.3) is 0 Å². The van der Waals surface area contributed by atoms with Crippen LogP contribution in [0.2, 0.25) is 10.0 Å². The number of methoxy groups -OCH3 is 1. The third-order valence-electron chi connectivity index (χ3n) is 3.41. The van der Waals surface area contributed by atoms with Crippen LogP contribution in [-0.4, -0.2) is 31.0 Å². The third-order valence-corrected chi connectivity index (χ3v) is 3.97. The van der Waals surface area contributed by atoms with Crippen molar-refractivity contribution in [1.29, 1.82) is 0 Å². The molecule has 0 aliphatic rings. The molecule has 1 atom stereocenters. The summed E-state index contributed by atoms with van der Waals surface area (Å²) in [6, 6.07) is 5.87. The first kappa shape index (κ1) is 22.6. The first-order chi connectivity index (χ1) is 13.5. The van der Waals surface area contributed by atoms with Crippen molar-refractivity contribution < 1.29 is 36.6 Å². The van der Waals surface area contributed by atoms with Gasteiger partial charge in [-0.1, -0.05) is 29.3 Å². The Morgan fingerprint density at radius 1 is 1.07 bits per heavy atom. The molecule has 0 radical (unpaired) electrons. The monoisotopic (exact) mass is 454 g/mol. The summed E-state index contributed by atoms with van der Waals surface area (Å²) in [5.74, 6) is -3.62. The van der Waals surface area contributed by atoms with Crippen LogP contribution in [0.4, 0.5) is 28.0 Å². The first-order valence-corrected chi connectivity index (χ1v) is 8.38. The van der Waals surface area contributed by atoms with Gasteiger partial charge in [0.2, 0.25) is 0 Å². The first-order valence-electron chi connectivity index (χ1n) is 7.62. The molecule has 2 aromatic carbocycles. The number of carbonyl (C=O) groups is 2. The maximum absolute atomic E-state index is 13.8. The van der Waals surface area contributed by atoms with Crippen LogP contribution >= 0.6 is 23.2 Å². The lowest BCUT2D eigenvalue weighted by molar-refractivity contribution is -0.258. The molecule has 0 aliphatic heterocycles. The fraction of sp³-hybridized carbons (Fsp3) is 0.176. The zero-order chi connectivity index (χ0) is 21.8. The number of hydrogen-bond acceptors (Lipinski definition) is 4. The molecule has 156 valence electrons. The zero-order valence-corrected chi connectivity index (χ0v) is 16.0. The number of anilines is 1. The summed E-state index contributed by atoms with van der Waals surface area (Å²) in [6.45, 7) is 0. The van der Waals surface area contributed by atoms with Crippen LogP contribution in [0.15, 0.2) is 42.5 Å². The van der Waals surface area contributed by atoms with Gasteiger partial charge in [0.1, 0.15) is 11.6 Å². The van der Waals surface area contributed by atoms with E-state index in [1.54, 1.807) is 0 Å². The summed E-state index contributed by atoms with van der Waals surface area (Å²) in [4.78, 5) is 24.3. The van der Waals surface area contributed by atoms with Gasteiger partial charge in [-0.3, -0.25) is 5.32 Å². The molecule has 0 aliphatic carbocycles. The molecule has 0 saturated heterocycles. The number of benzene rings is 2. The Balaban J connectivity index is 2.42. The Hall–Kier alpha value is -2.72. The maximum atomic E-state index is 13.8. The molecule has 0 saturated carbocycles. The van der Waals surface area contributed by atoms with Crippen molar-refractivity contribution in [3.05, 3.63) is 58.3 Å². The van der Waals surface area contributed by atoms with Gasteiger partial charge in [0, 0.05) is 11.1 Å². The molecular formula is C17H12Cl2F4N2O4. The highest BCUT2D eigenvalue weighted by molar-refractivity contribution is 6.35. The maximum Gasteiger partial charge on any atom is 0.460 e. The van der Waals surface area contributed by atoms with Gasteiger partial charge >= 0.3 is 23.9 Å². The molecule has 0 spiro atoms. The Kier molecular flexibility index (Phi) is 6.81. The Morgan fingerprint density at radius 3 is 2.34 bits per heavy atom. The smallest absolute Gasteiger partial charge is 0.460 e. The number of nitrogens with one attached hydrogen (secondary N) is 2. The zero-order valence-electron chi connectivity index (χ0n) is 14.4. The molecule has 2 amide bonds. The lowest BCUT2D eigenvalue weighted by Crippen LogP contribution is -2.68. The second kappa shape index (κ2) is 8.75. The normalized spacial score (nSPS) is 13.2. The second-order valence-electron chi connectivity index (χ2n) is 5.43. The van der Waals surface area contributed by atoms with Crippen LogP contribution in [0.5, 0.6) is 5.75 Å². The number of hydrogen-bond donors (Lipinski definition) is 2. The summed E-state index contributed by atoms with van der Waals surface area (Å²) in [7, 11) is 0.658. The fourth-order valence-corrected chi connectivity index (χ4v) is 2.46. The van der Waals surface area contributed by atoms with Crippen molar-refractivity contribution in [1.82, 2.24) is 5.32 Å². The molecular weight excluding hydrogens is 443 g/mol. The lowest BCUT2D eigenvalue weighted by Gasteiger charge is -2.33. The predicted molar refractivity (Wildman–Crippen MR) is 96.4 cm³/mol. The van der Waals surface area contributed by atoms with Crippen LogP contribution in [0.3, 0.4) is 0 Å². The minimum Gasteiger partial charge on any atom is -0.464 e. The van der Waals surface area contributed by atoms with Gasteiger partial charge in [-0.25, -0.2) is 14.0 Å². The highest BCUT2D eigenvalue weighted by Gasteiger charge is 2.66. The molecule has 0 unspecified atom stereocenters. The highest BCUT2D eigenvalue weighted by atomic mass is 35.5. The number of halogens is 6. The third kappa shape index (κ3) is 5.21. The van der Waals surface area contributed by atoms with Gasteiger partial charge in [-0.05, 0) is 30.3 Å². The number of carbonyl (C=O) groups excluding carboxylic acids is 2. The molecule has 29 heavy (non-hydrogen) atoms. The number of alkyl halides is 3. The van der Waals surface area contributed by atoms with E-state index in [4.69, 9.17) is 27.9 Å². The van der Waals surface area contributed by atoms with Crippen molar-refractivity contribution in [3.63, 3.8) is 0 Å². The van der Waals surface area contributed by atoms with Crippen molar-refractivity contribution in [3.8, 4) is 5.75 Å². The average Bonchev–Trinajstić information content (AvgIpc) is 2.62. The van der Waals surface area contributed by atoms with Crippen molar-refractivity contribution >= 4 is 40.9 Å². The molecule has 2 aromatic rings. The summed E-state index contributed by atoms with van der Waals surface area (Å²) in [5.41, 5.74) is -4.12. The summed E-state index contributed by atoms with van der Waals surface area (Å²) in [6.07, 6.45) is -5.50. The number of rotatable bonds is 5. The summed E-state index contributed by atoms with van der Waals surface area (Å²) >= 11 is 11.6. The van der Waals surface area contributed by atoms with E-state index in [1.807, 2.05) is 5.32 Å². The number of amides is 2. The Bertz CT molecular complexity index is 927. The lowest BCUT2D eigenvalue weighted by atomic mass is 10.2.